The Balaban J connectivity index is 1.46. The number of carbonyl (C=O) groups is 2. The lowest BCUT2D eigenvalue weighted by molar-refractivity contribution is -0.125. The smallest absolute Gasteiger partial charge is 0.280 e. The van der Waals surface area contributed by atoms with Gasteiger partial charge in [-0.3, -0.25) is 14.5 Å². The van der Waals surface area contributed by atoms with Gasteiger partial charge in [0.2, 0.25) is 27.4 Å². The number of carbonyl (C=O) groups excluding carboxylic acids is 2. The highest BCUT2D eigenvalue weighted by Crippen LogP contribution is 2.33. The molecule has 3 N–H and O–H groups in total. The molecule has 1 saturated carbocycles. The Labute approximate surface area is 257 Å². The van der Waals surface area contributed by atoms with Crippen molar-refractivity contribution in [2.45, 2.75) is 55.9 Å². The van der Waals surface area contributed by atoms with Gasteiger partial charge in [0, 0.05) is 43.7 Å². The molecule has 1 aromatic carbocycles. The van der Waals surface area contributed by atoms with Gasteiger partial charge in [-0.05, 0) is 69.8 Å². The fourth-order valence-electron chi connectivity index (χ4n) is 6.02. The van der Waals surface area contributed by atoms with Crippen molar-refractivity contribution >= 4 is 32.9 Å². The molecule has 2 aliphatic rings. The number of nitrogens with zero attached hydrogens (tertiary/aromatic N) is 4. The number of aromatic amines is 1. The highest BCUT2D eigenvalue weighted by molar-refractivity contribution is 7.89. The largest absolute Gasteiger partial charge is 0.476 e. The molecule has 12 nitrogen and oxygen atoms in total. The van der Waals surface area contributed by atoms with Crippen LogP contribution in [0.15, 0.2) is 59.1 Å². The van der Waals surface area contributed by atoms with E-state index >= 15 is 0 Å². The van der Waals surface area contributed by atoms with Gasteiger partial charge < -0.3 is 19.6 Å². The van der Waals surface area contributed by atoms with Crippen molar-refractivity contribution in [1.82, 2.24) is 29.5 Å². The van der Waals surface area contributed by atoms with Crippen LogP contribution in [0, 0.1) is 5.92 Å². The second-order valence-electron chi connectivity index (χ2n) is 11.3. The van der Waals surface area contributed by atoms with E-state index in [1.54, 1.807) is 13.2 Å². The fraction of sp³-hybridized carbons (Fsp3) is 0.484. The summed E-state index contributed by atoms with van der Waals surface area (Å²) in [7, 11) is -2.16. The van der Waals surface area contributed by atoms with Crippen molar-refractivity contribution in [3.05, 3.63) is 60.4 Å². The van der Waals surface area contributed by atoms with Crippen molar-refractivity contribution in [2.24, 2.45) is 10.9 Å². The predicted molar refractivity (Wildman–Crippen MR) is 167 cm³/mol. The van der Waals surface area contributed by atoms with E-state index in [1.165, 1.54) is 49.6 Å². The molecule has 3 aromatic rings. The Bertz CT molecular complexity index is 1670. The molecule has 1 saturated heterocycles. The molecule has 13 heteroatoms. The maximum Gasteiger partial charge on any atom is 0.280 e. The predicted octanol–water partition coefficient (Wildman–Crippen LogP) is 2.91. The van der Waals surface area contributed by atoms with Gasteiger partial charge in [0.1, 0.15) is 6.61 Å². The van der Waals surface area contributed by atoms with Gasteiger partial charge in [-0.1, -0.05) is 18.6 Å². The van der Waals surface area contributed by atoms with Crippen LogP contribution in [0.4, 0.5) is 0 Å². The number of rotatable bonds is 11. The molecule has 0 unspecified atom stereocenters. The minimum Gasteiger partial charge on any atom is -0.476 e. The average Bonchev–Trinajstić information content (AvgIpc) is 3.41. The molecule has 236 valence electrons. The average molecular weight is 624 g/mol. The number of pyridine rings is 1. The Kier molecular flexibility index (Phi) is 10.3. The molecule has 2 fully saturated rings. The van der Waals surface area contributed by atoms with Crippen molar-refractivity contribution in [1.29, 1.82) is 0 Å². The summed E-state index contributed by atoms with van der Waals surface area (Å²) in [6.45, 7) is 7.14. The Hall–Kier alpha value is -3.81. The summed E-state index contributed by atoms with van der Waals surface area (Å²) in [6.07, 6.45) is 9.70. The van der Waals surface area contributed by atoms with Crippen molar-refractivity contribution in [3.8, 4) is 5.88 Å². The monoisotopic (exact) mass is 623 g/mol. The first kappa shape index (κ1) is 31.6. The number of H-pyrrole nitrogens is 1. The van der Waals surface area contributed by atoms with Crippen LogP contribution in [0.1, 0.15) is 61.3 Å². The third-order valence-electron chi connectivity index (χ3n) is 8.39. The van der Waals surface area contributed by atoms with Crippen LogP contribution in [-0.2, 0) is 14.8 Å². The lowest BCUT2D eigenvalue weighted by Crippen LogP contribution is -2.33. The number of imidazole rings is 1. The molecular formula is C31H41N7O5S. The lowest BCUT2D eigenvalue weighted by Gasteiger charge is -2.28. The number of likely N-dealkylation sites (tertiary alicyclic amines) is 1. The first-order chi connectivity index (χ1) is 21.3. The molecule has 5 rings (SSSR count). The lowest BCUT2D eigenvalue weighted by atomic mass is 9.85. The van der Waals surface area contributed by atoms with E-state index in [0.717, 1.165) is 38.0 Å². The minimum atomic E-state index is -3.82. The number of ether oxygens (including phenoxy) is 1. The van der Waals surface area contributed by atoms with E-state index in [-0.39, 0.29) is 34.9 Å². The molecule has 1 aliphatic heterocycles. The zero-order chi connectivity index (χ0) is 31.1. The number of hydrogen-bond acceptors (Lipinski definition) is 7. The number of aromatic nitrogens is 3. The van der Waals surface area contributed by atoms with E-state index in [2.05, 4.69) is 36.5 Å². The maximum absolute atomic E-state index is 13.4. The normalized spacial score (nSPS) is 20.0. The summed E-state index contributed by atoms with van der Waals surface area (Å²) < 4.78 is 35.7. The van der Waals surface area contributed by atoms with Gasteiger partial charge in [-0.25, -0.2) is 18.1 Å². The molecule has 0 atom stereocenters. The second kappa shape index (κ2) is 14.3. The number of nitrogens with one attached hydrogen (secondary N) is 3. The molecule has 2 amide bonds. The second-order valence-corrected chi connectivity index (χ2v) is 13.1. The number of benzene rings is 1. The van der Waals surface area contributed by atoms with Gasteiger partial charge in [0.25, 0.3) is 5.91 Å². The molecule has 0 spiro atoms. The van der Waals surface area contributed by atoms with Gasteiger partial charge in [-0.2, -0.15) is 4.99 Å². The topological polar surface area (TPSA) is 151 Å². The number of sulfonamides is 1. The maximum atomic E-state index is 13.4. The molecule has 3 heterocycles. The first-order valence-electron chi connectivity index (χ1n) is 15.3. The number of amides is 2. The summed E-state index contributed by atoms with van der Waals surface area (Å²) in [5, 5.41) is 2.75. The Morgan fingerprint density at radius 2 is 1.93 bits per heavy atom. The van der Waals surface area contributed by atoms with Crippen molar-refractivity contribution in [3.63, 3.8) is 0 Å². The third kappa shape index (κ3) is 7.45. The van der Waals surface area contributed by atoms with Gasteiger partial charge in [0.15, 0.2) is 0 Å². The number of piperidine rings is 1. The van der Waals surface area contributed by atoms with Crippen LogP contribution in [0.5, 0.6) is 5.88 Å². The van der Waals surface area contributed by atoms with Crippen molar-refractivity contribution < 1.29 is 22.7 Å². The van der Waals surface area contributed by atoms with Gasteiger partial charge in [0.05, 0.1) is 22.1 Å². The molecular weight excluding hydrogens is 582 g/mol. The number of hydrogen-bond donors (Lipinski definition) is 3. The van der Waals surface area contributed by atoms with Crippen LogP contribution in [0.25, 0.3) is 11.0 Å². The zero-order valence-electron chi connectivity index (χ0n) is 25.1. The van der Waals surface area contributed by atoms with Crippen LogP contribution < -0.4 is 20.4 Å². The Morgan fingerprint density at radius 3 is 2.66 bits per heavy atom. The highest BCUT2D eigenvalue weighted by atomic mass is 32.2. The van der Waals surface area contributed by atoms with Crippen LogP contribution in [0.2, 0.25) is 0 Å². The molecule has 44 heavy (non-hydrogen) atoms. The minimum absolute atomic E-state index is 0.0189. The first-order valence-corrected chi connectivity index (χ1v) is 16.7. The SMILES string of the molecule is C=CCNS(=O)(=O)c1cccc(C(=O)/N=c2\[nH]c3cnc(OCCN4CCCCC4)cc3n2[C@H]2CC[C@H](C(=O)NC)CC2)c1. The van der Waals surface area contributed by atoms with Crippen LogP contribution in [0.3, 0.4) is 0 Å². The van der Waals surface area contributed by atoms with E-state index in [1.807, 2.05) is 10.6 Å². The quantitative estimate of drug-likeness (QED) is 0.278. The third-order valence-corrected chi connectivity index (χ3v) is 9.81. The van der Waals surface area contributed by atoms with Gasteiger partial charge in [-0.15, -0.1) is 6.58 Å². The summed E-state index contributed by atoms with van der Waals surface area (Å²) in [6, 6.07) is 7.64. The molecule has 1 aliphatic carbocycles. The highest BCUT2D eigenvalue weighted by Gasteiger charge is 2.28. The van der Waals surface area contributed by atoms with Crippen LogP contribution >= 0.6 is 0 Å². The van der Waals surface area contributed by atoms with E-state index in [4.69, 9.17) is 4.74 Å². The zero-order valence-corrected chi connectivity index (χ0v) is 25.9. The summed E-state index contributed by atoms with van der Waals surface area (Å²) in [5.41, 5.74) is 1.96. The summed E-state index contributed by atoms with van der Waals surface area (Å²) >= 11 is 0. The Morgan fingerprint density at radius 1 is 1.16 bits per heavy atom. The van der Waals surface area contributed by atoms with E-state index in [0.29, 0.717) is 36.5 Å². The number of fused-ring (bicyclic) bond motifs is 1. The molecule has 0 radical (unpaired) electrons. The fourth-order valence-corrected chi connectivity index (χ4v) is 7.06. The van der Waals surface area contributed by atoms with Gasteiger partial charge >= 0.3 is 0 Å². The summed E-state index contributed by atoms with van der Waals surface area (Å²) in [5.74, 6) is -0.113. The summed E-state index contributed by atoms with van der Waals surface area (Å²) in [4.78, 5) is 40.3. The van der Waals surface area contributed by atoms with Crippen molar-refractivity contribution in [2.75, 3.05) is 39.8 Å². The molecule has 0 bridgehead atoms. The molecule has 2 aromatic heterocycles. The van der Waals surface area contributed by atoms with E-state index < -0.39 is 15.9 Å². The van der Waals surface area contributed by atoms with Crippen LogP contribution in [-0.4, -0.2) is 79.5 Å². The standard InChI is InChI=1S/C31H41N7O5S/c1-3-14-34-44(41,42)25-9-7-8-23(19-25)30(40)36-31-35-26-21-33-28(43-18-17-37-15-5-4-6-16-37)20-27(26)38(31)24-12-10-22(11-13-24)29(39)32-2/h3,7-9,19-22,24,34H,1,4-6,10-18H2,2H3,(H,32,39)(H,35,36,40)/t22-,24-. The van der Waals surface area contributed by atoms with E-state index in [9.17, 15) is 18.0 Å².